The molecule has 0 aliphatic carbocycles. The summed E-state index contributed by atoms with van der Waals surface area (Å²) < 4.78 is 0. The molecule has 4 heteroatoms. The highest BCUT2D eigenvalue weighted by Gasteiger charge is 2.27. The molecule has 82 valence electrons. The molecule has 0 saturated carbocycles. The van der Waals surface area contributed by atoms with Crippen LogP contribution in [0.3, 0.4) is 0 Å². The summed E-state index contributed by atoms with van der Waals surface area (Å²) in [6.45, 7) is 6.68. The Morgan fingerprint density at radius 2 is 2.40 bits per heavy atom. The van der Waals surface area contributed by atoms with E-state index in [4.69, 9.17) is 0 Å². The fourth-order valence-corrected chi connectivity index (χ4v) is 2.82. The largest absolute Gasteiger partial charge is 0.348 e. The van der Waals surface area contributed by atoms with Gasteiger partial charge in [-0.1, -0.05) is 25.2 Å². The first-order chi connectivity index (χ1) is 7.11. The number of hydrogen-bond acceptors (Lipinski definition) is 4. The Bertz CT molecular complexity index is 359. The highest BCUT2D eigenvalue weighted by atomic mass is 32.1. The van der Waals surface area contributed by atoms with E-state index in [1.807, 2.05) is 0 Å². The van der Waals surface area contributed by atoms with Gasteiger partial charge in [-0.05, 0) is 18.3 Å². The second-order valence-corrected chi connectivity index (χ2v) is 5.89. The standard InChI is InChI=1S/C11H16N2OS/c1-11(2)4-3-5-13(8-11)10-12-6-9(7-14)15-10/h6-7H,3-5,8H2,1-2H3. The van der Waals surface area contributed by atoms with Gasteiger partial charge in [0.15, 0.2) is 11.4 Å². The molecule has 0 atom stereocenters. The number of aromatic nitrogens is 1. The number of aldehydes is 1. The molecule has 0 bridgehead atoms. The van der Waals surface area contributed by atoms with Crippen LogP contribution in [-0.2, 0) is 0 Å². The van der Waals surface area contributed by atoms with Crippen molar-refractivity contribution in [2.24, 2.45) is 5.41 Å². The van der Waals surface area contributed by atoms with E-state index in [2.05, 4.69) is 23.7 Å². The highest BCUT2D eigenvalue weighted by molar-refractivity contribution is 7.17. The maximum atomic E-state index is 10.6. The van der Waals surface area contributed by atoms with Gasteiger partial charge in [0.1, 0.15) is 0 Å². The summed E-state index contributed by atoms with van der Waals surface area (Å²) in [6, 6.07) is 0. The minimum absolute atomic E-state index is 0.366. The van der Waals surface area contributed by atoms with Crippen molar-refractivity contribution in [3.05, 3.63) is 11.1 Å². The fraction of sp³-hybridized carbons (Fsp3) is 0.636. The minimum Gasteiger partial charge on any atom is -0.348 e. The van der Waals surface area contributed by atoms with Crippen molar-refractivity contribution in [3.63, 3.8) is 0 Å². The summed E-state index contributed by atoms with van der Waals surface area (Å²) in [7, 11) is 0. The third kappa shape index (κ3) is 2.37. The lowest BCUT2D eigenvalue weighted by Crippen LogP contribution is -2.39. The molecule has 1 aromatic heterocycles. The SMILES string of the molecule is CC1(C)CCCN(c2ncc(C=O)s2)C1. The number of anilines is 1. The molecule has 1 fully saturated rings. The van der Waals surface area contributed by atoms with Crippen LogP contribution in [0.15, 0.2) is 6.20 Å². The second kappa shape index (κ2) is 3.93. The number of hydrogen-bond donors (Lipinski definition) is 0. The fourth-order valence-electron chi connectivity index (χ4n) is 2.06. The molecule has 0 amide bonds. The monoisotopic (exact) mass is 224 g/mol. The zero-order valence-electron chi connectivity index (χ0n) is 9.19. The molecular formula is C11H16N2OS. The Kier molecular flexibility index (Phi) is 2.78. The van der Waals surface area contributed by atoms with Crippen molar-refractivity contribution in [1.29, 1.82) is 0 Å². The van der Waals surface area contributed by atoms with Crippen LogP contribution in [0.1, 0.15) is 36.4 Å². The van der Waals surface area contributed by atoms with E-state index < -0.39 is 0 Å². The molecule has 1 aromatic rings. The molecular weight excluding hydrogens is 208 g/mol. The van der Waals surface area contributed by atoms with Gasteiger partial charge in [-0.2, -0.15) is 0 Å². The van der Waals surface area contributed by atoms with E-state index >= 15 is 0 Å². The van der Waals surface area contributed by atoms with E-state index in [-0.39, 0.29) is 0 Å². The summed E-state index contributed by atoms with van der Waals surface area (Å²) in [5.74, 6) is 0. The molecule has 2 heterocycles. The number of carbonyl (C=O) groups is 1. The number of carbonyl (C=O) groups excluding carboxylic acids is 1. The van der Waals surface area contributed by atoms with Crippen molar-refractivity contribution in [2.75, 3.05) is 18.0 Å². The van der Waals surface area contributed by atoms with Gasteiger partial charge >= 0.3 is 0 Å². The normalized spacial score (nSPS) is 20.3. The van der Waals surface area contributed by atoms with Crippen molar-refractivity contribution >= 4 is 22.8 Å². The molecule has 2 rings (SSSR count). The van der Waals surface area contributed by atoms with E-state index in [1.165, 1.54) is 24.2 Å². The van der Waals surface area contributed by atoms with Crippen LogP contribution >= 0.6 is 11.3 Å². The molecule has 0 radical (unpaired) electrons. The van der Waals surface area contributed by atoms with Gasteiger partial charge in [0, 0.05) is 13.1 Å². The molecule has 1 aliphatic rings. The van der Waals surface area contributed by atoms with Crippen molar-refractivity contribution in [2.45, 2.75) is 26.7 Å². The van der Waals surface area contributed by atoms with Gasteiger partial charge in [-0.3, -0.25) is 4.79 Å². The molecule has 1 saturated heterocycles. The number of piperidine rings is 1. The zero-order chi connectivity index (χ0) is 10.9. The Morgan fingerprint density at radius 1 is 1.60 bits per heavy atom. The summed E-state index contributed by atoms with van der Waals surface area (Å²) in [4.78, 5) is 17.9. The Morgan fingerprint density at radius 3 is 3.00 bits per heavy atom. The smallest absolute Gasteiger partial charge is 0.185 e. The first-order valence-corrected chi connectivity index (χ1v) is 6.08. The predicted octanol–water partition coefficient (Wildman–Crippen LogP) is 2.58. The van der Waals surface area contributed by atoms with Gasteiger partial charge in [0.25, 0.3) is 0 Å². The van der Waals surface area contributed by atoms with Gasteiger partial charge in [-0.25, -0.2) is 4.98 Å². The predicted molar refractivity (Wildman–Crippen MR) is 62.7 cm³/mol. The molecule has 0 N–H and O–H groups in total. The van der Waals surface area contributed by atoms with Gasteiger partial charge in [0.2, 0.25) is 0 Å². The third-order valence-electron chi connectivity index (χ3n) is 2.80. The summed E-state index contributed by atoms with van der Waals surface area (Å²) in [6.07, 6.45) is 5.02. The van der Waals surface area contributed by atoms with E-state index in [0.717, 1.165) is 24.5 Å². The van der Waals surface area contributed by atoms with E-state index in [0.29, 0.717) is 10.3 Å². The maximum Gasteiger partial charge on any atom is 0.185 e. The Balaban J connectivity index is 2.13. The van der Waals surface area contributed by atoms with Crippen LogP contribution in [0.2, 0.25) is 0 Å². The van der Waals surface area contributed by atoms with Crippen LogP contribution in [0, 0.1) is 5.41 Å². The van der Waals surface area contributed by atoms with E-state index in [9.17, 15) is 4.79 Å². The van der Waals surface area contributed by atoms with Crippen LogP contribution in [0.4, 0.5) is 5.13 Å². The number of rotatable bonds is 2. The molecule has 0 aromatic carbocycles. The first kappa shape index (κ1) is 10.6. The second-order valence-electron chi connectivity index (χ2n) is 4.85. The van der Waals surface area contributed by atoms with Crippen molar-refractivity contribution < 1.29 is 4.79 Å². The van der Waals surface area contributed by atoms with Gasteiger partial charge < -0.3 is 4.90 Å². The quantitative estimate of drug-likeness (QED) is 0.724. The molecule has 1 aliphatic heterocycles. The lowest BCUT2D eigenvalue weighted by molar-refractivity contribution is 0.112. The topological polar surface area (TPSA) is 33.2 Å². The van der Waals surface area contributed by atoms with Gasteiger partial charge in [0.05, 0.1) is 11.1 Å². The van der Waals surface area contributed by atoms with Crippen LogP contribution in [0.25, 0.3) is 0 Å². The molecule has 15 heavy (non-hydrogen) atoms. The van der Waals surface area contributed by atoms with Gasteiger partial charge in [-0.15, -0.1) is 0 Å². The number of nitrogens with zero attached hydrogens (tertiary/aromatic N) is 2. The summed E-state index contributed by atoms with van der Waals surface area (Å²) in [5, 5.41) is 0.991. The van der Waals surface area contributed by atoms with Crippen LogP contribution in [0.5, 0.6) is 0 Å². The molecule has 0 unspecified atom stereocenters. The van der Waals surface area contributed by atoms with Crippen molar-refractivity contribution in [3.8, 4) is 0 Å². The lowest BCUT2D eigenvalue weighted by Gasteiger charge is -2.37. The molecule has 3 nitrogen and oxygen atoms in total. The minimum atomic E-state index is 0.366. The number of thiazole rings is 1. The zero-order valence-corrected chi connectivity index (χ0v) is 10.0. The third-order valence-corrected chi connectivity index (χ3v) is 3.78. The summed E-state index contributed by atoms with van der Waals surface area (Å²) in [5.41, 5.74) is 0.366. The van der Waals surface area contributed by atoms with E-state index in [1.54, 1.807) is 6.20 Å². The van der Waals surface area contributed by atoms with Crippen LogP contribution in [-0.4, -0.2) is 24.4 Å². The summed E-state index contributed by atoms with van der Waals surface area (Å²) >= 11 is 1.49. The maximum absolute atomic E-state index is 10.6. The Labute approximate surface area is 94.1 Å². The van der Waals surface area contributed by atoms with Crippen molar-refractivity contribution in [1.82, 2.24) is 4.98 Å². The first-order valence-electron chi connectivity index (χ1n) is 5.27. The molecule has 0 spiro atoms. The average molecular weight is 224 g/mol. The highest BCUT2D eigenvalue weighted by Crippen LogP contribution is 2.32. The average Bonchev–Trinajstić information content (AvgIpc) is 2.64. The lowest BCUT2D eigenvalue weighted by atomic mass is 9.84. The van der Waals surface area contributed by atoms with Crippen LogP contribution < -0.4 is 4.90 Å². The Hall–Kier alpha value is -0.900.